The lowest BCUT2D eigenvalue weighted by Gasteiger charge is -2.37. The Bertz CT molecular complexity index is 1100. The largest absolute Gasteiger partial charge is 0.448 e. The van der Waals surface area contributed by atoms with E-state index in [4.69, 9.17) is 4.74 Å². The molecular weight excluding hydrogens is 518 g/mol. The van der Waals surface area contributed by atoms with Crippen LogP contribution in [0.15, 0.2) is 48.5 Å². The van der Waals surface area contributed by atoms with Gasteiger partial charge >= 0.3 is 6.09 Å². The van der Waals surface area contributed by atoms with Crippen LogP contribution in [0.2, 0.25) is 0 Å². The van der Waals surface area contributed by atoms with Crippen molar-refractivity contribution in [3.05, 3.63) is 59.7 Å². The van der Waals surface area contributed by atoms with Crippen molar-refractivity contribution in [2.45, 2.75) is 141 Å². The van der Waals surface area contributed by atoms with Crippen LogP contribution < -0.4 is 0 Å². The number of hydrogen-bond acceptors (Lipinski definition) is 3. The lowest BCUT2D eigenvalue weighted by atomic mass is 9.85. The maximum Gasteiger partial charge on any atom is 0.410 e. The van der Waals surface area contributed by atoms with Crippen LogP contribution in [0.1, 0.15) is 140 Å². The second-order valence-corrected chi connectivity index (χ2v) is 13.2. The molecule has 2 heterocycles. The van der Waals surface area contributed by atoms with Gasteiger partial charge in [-0.2, -0.15) is 0 Å². The Morgan fingerprint density at radius 2 is 1.17 bits per heavy atom. The Balaban J connectivity index is 0.981. The summed E-state index contributed by atoms with van der Waals surface area (Å²) in [6.07, 6.45) is 21.4. The second-order valence-electron chi connectivity index (χ2n) is 13.2. The fourth-order valence-corrected chi connectivity index (χ4v) is 7.93. The molecule has 2 aliphatic heterocycles. The first-order valence-corrected chi connectivity index (χ1v) is 17.3. The predicted molar refractivity (Wildman–Crippen MR) is 172 cm³/mol. The van der Waals surface area contributed by atoms with Crippen molar-refractivity contribution < 1.29 is 14.3 Å². The minimum atomic E-state index is -0.188. The fourth-order valence-electron chi connectivity index (χ4n) is 7.93. The molecule has 1 aliphatic carbocycles. The van der Waals surface area contributed by atoms with Crippen LogP contribution >= 0.6 is 0 Å². The molecule has 4 nitrogen and oxygen atoms in total. The van der Waals surface area contributed by atoms with Crippen molar-refractivity contribution in [2.75, 3.05) is 6.61 Å². The normalized spacial score (nSPS) is 20.9. The number of ether oxygens (including phenoxy) is 1. The molecule has 3 aliphatic rings. The van der Waals surface area contributed by atoms with Crippen molar-refractivity contribution >= 4 is 11.9 Å². The zero-order chi connectivity index (χ0) is 29.1. The summed E-state index contributed by atoms with van der Waals surface area (Å²) in [7, 11) is 0. The van der Waals surface area contributed by atoms with Gasteiger partial charge in [-0.1, -0.05) is 133 Å². The van der Waals surface area contributed by atoms with Crippen molar-refractivity contribution in [2.24, 2.45) is 5.92 Å². The van der Waals surface area contributed by atoms with Crippen molar-refractivity contribution in [1.29, 1.82) is 0 Å². The van der Waals surface area contributed by atoms with E-state index in [-0.39, 0.29) is 30.0 Å². The van der Waals surface area contributed by atoms with Crippen LogP contribution in [-0.4, -0.2) is 35.5 Å². The molecule has 0 radical (unpaired) electrons. The van der Waals surface area contributed by atoms with Gasteiger partial charge in [0.1, 0.15) is 12.4 Å². The second kappa shape index (κ2) is 15.7. The third-order valence-corrected chi connectivity index (χ3v) is 10.3. The van der Waals surface area contributed by atoms with E-state index in [1.807, 2.05) is 4.90 Å². The third kappa shape index (κ3) is 7.66. The molecule has 2 fully saturated rings. The summed E-state index contributed by atoms with van der Waals surface area (Å²) in [4.78, 5) is 28.4. The van der Waals surface area contributed by atoms with E-state index in [2.05, 4.69) is 55.5 Å². The number of nitrogens with zero attached hydrogens (tertiary/aromatic N) is 1. The highest BCUT2D eigenvalue weighted by Crippen LogP contribution is 2.45. The van der Waals surface area contributed by atoms with E-state index >= 15 is 0 Å². The highest BCUT2D eigenvalue weighted by Gasteiger charge is 2.45. The lowest BCUT2D eigenvalue weighted by Crippen LogP contribution is -2.48. The number of unbranched alkanes of at least 4 members (excludes halogenated alkanes) is 12. The van der Waals surface area contributed by atoms with Gasteiger partial charge in [0.25, 0.3) is 0 Å². The molecule has 2 atom stereocenters. The smallest absolute Gasteiger partial charge is 0.410 e. The van der Waals surface area contributed by atoms with E-state index in [9.17, 15) is 9.59 Å². The Kier molecular flexibility index (Phi) is 11.5. The molecule has 2 aromatic carbocycles. The van der Waals surface area contributed by atoms with Crippen LogP contribution in [0.25, 0.3) is 11.1 Å². The summed E-state index contributed by atoms with van der Waals surface area (Å²) < 4.78 is 6.01. The number of carbonyl (C=O) groups is 2. The summed E-state index contributed by atoms with van der Waals surface area (Å²) in [5, 5.41) is 0. The number of piperidine rings is 1. The molecular formula is C38H53NO3. The first-order valence-electron chi connectivity index (χ1n) is 17.3. The summed E-state index contributed by atoms with van der Waals surface area (Å²) in [5.41, 5.74) is 4.98. The molecule has 228 valence electrons. The van der Waals surface area contributed by atoms with Gasteiger partial charge in [0.2, 0.25) is 0 Å². The summed E-state index contributed by atoms with van der Waals surface area (Å²) >= 11 is 0. The van der Waals surface area contributed by atoms with E-state index in [0.717, 1.165) is 32.1 Å². The molecule has 0 saturated carbocycles. The number of rotatable bonds is 17. The molecule has 2 bridgehead atoms. The van der Waals surface area contributed by atoms with Crippen LogP contribution in [-0.2, 0) is 9.53 Å². The first-order chi connectivity index (χ1) is 20.7. The number of Topliss-reactive ketones (excluding diaryl/α,β-unsaturated/α-hetero) is 1. The van der Waals surface area contributed by atoms with Gasteiger partial charge in [-0.05, 0) is 54.4 Å². The summed E-state index contributed by atoms with van der Waals surface area (Å²) in [6, 6.07) is 17.2. The monoisotopic (exact) mass is 571 g/mol. The Labute approximate surface area is 254 Å². The lowest BCUT2D eigenvalue weighted by molar-refractivity contribution is -0.125. The van der Waals surface area contributed by atoms with E-state index in [0.29, 0.717) is 18.8 Å². The molecule has 42 heavy (non-hydrogen) atoms. The molecule has 0 aromatic heterocycles. The quantitative estimate of drug-likeness (QED) is 0.177. The van der Waals surface area contributed by atoms with Crippen LogP contribution in [0.5, 0.6) is 0 Å². The number of hydrogen-bond donors (Lipinski definition) is 0. The fraction of sp³-hybridized carbons (Fsp3) is 0.632. The molecule has 0 N–H and O–H groups in total. The van der Waals surface area contributed by atoms with Gasteiger partial charge in [0.05, 0.1) is 0 Å². The van der Waals surface area contributed by atoms with Crippen LogP contribution in [0, 0.1) is 5.92 Å². The number of carbonyl (C=O) groups excluding carboxylic acids is 2. The average molecular weight is 572 g/mol. The maximum atomic E-state index is 13.3. The zero-order valence-corrected chi connectivity index (χ0v) is 26.0. The Morgan fingerprint density at radius 1 is 0.690 bits per heavy atom. The molecule has 5 rings (SSSR count). The molecule has 2 aromatic rings. The highest BCUT2D eigenvalue weighted by atomic mass is 16.6. The van der Waals surface area contributed by atoms with Gasteiger partial charge in [-0.3, -0.25) is 4.79 Å². The topological polar surface area (TPSA) is 46.6 Å². The van der Waals surface area contributed by atoms with E-state index in [1.54, 1.807) is 0 Å². The summed E-state index contributed by atoms with van der Waals surface area (Å²) in [5.74, 6) is 0.637. The average Bonchev–Trinajstić information content (AvgIpc) is 3.48. The van der Waals surface area contributed by atoms with Crippen molar-refractivity contribution in [3.63, 3.8) is 0 Å². The SMILES string of the molecule is CCCCCCCCCCCCCCCC(=O)C1CC2CCC(C1)N2C(=O)OCC1c2ccccc2-c2ccccc21. The standard InChI is InChI=1S/C38H53NO3/c1-2-3-4-5-6-7-8-9-10-11-12-13-14-23-37(40)29-26-30-24-25-31(27-29)39(30)38(41)42-28-36-34-21-17-15-19-32(34)33-20-16-18-22-35(33)36/h15-22,29-31,36H,2-14,23-28H2,1H3. The minimum absolute atomic E-state index is 0.0819. The zero-order valence-electron chi connectivity index (χ0n) is 26.0. The van der Waals surface area contributed by atoms with E-state index in [1.165, 1.54) is 99.3 Å². The van der Waals surface area contributed by atoms with Crippen LogP contribution in [0.3, 0.4) is 0 Å². The van der Waals surface area contributed by atoms with Gasteiger partial charge < -0.3 is 9.64 Å². The number of fused-ring (bicyclic) bond motifs is 5. The van der Waals surface area contributed by atoms with E-state index < -0.39 is 0 Å². The van der Waals surface area contributed by atoms with Crippen molar-refractivity contribution in [1.82, 2.24) is 4.90 Å². The molecule has 4 heteroatoms. The minimum Gasteiger partial charge on any atom is -0.448 e. The van der Waals surface area contributed by atoms with Gasteiger partial charge in [0.15, 0.2) is 0 Å². The Morgan fingerprint density at radius 3 is 1.69 bits per heavy atom. The molecule has 2 saturated heterocycles. The highest BCUT2D eigenvalue weighted by molar-refractivity contribution is 5.82. The number of ketones is 1. The van der Waals surface area contributed by atoms with Crippen LogP contribution in [0.4, 0.5) is 4.79 Å². The number of amides is 1. The number of benzene rings is 2. The van der Waals surface area contributed by atoms with Gasteiger partial charge in [0, 0.05) is 30.3 Å². The van der Waals surface area contributed by atoms with Gasteiger partial charge in [-0.15, -0.1) is 0 Å². The molecule has 1 amide bonds. The first kappa shape index (κ1) is 30.8. The van der Waals surface area contributed by atoms with Crippen molar-refractivity contribution in [3.8, 4) is 11.1 Å². The predicted octanol–water partition coefficient (Wildman–Crippen LogP) is 10.2. The molecule has 2 unspecified atom stereocenters. The third-order valence-electron chi connectivity index (χ3n) is 10.3. The Hall–Kier alpha value is -2.62. The molecule has 0 spiro atoms. The van der Waals surface area contributed by atoms with Gasteiger partial charge in [-0.25, -0.2) is 4.79 Å². The maximum absolute atomic E-state index is 13.3. The summed E-state index contributed by atoms with van der Waals surface area (Å²) in [6.45, 7) is 2.64.